The molecule has 1 saturated carbocycles. The quantitative estimate of drug-likeness (QED) is 0.783. The summed E-state index contributed by atoms with van der Waals surface area (Å²) in [5.41, 5.74) is 12.6. The van der Waals surface area contributed by atoms with Gasteiger partial charge < -0.3 is 16.8 Å². The molecule has 0 bridgehead atoms. The molecule has 0 radical (unpaired) electrons. The molecule has 0 spiro atoms. The van der Waals surface area contributed by atoms with Gasteiger partial charge in [0.1, 0.15) is 0 Å². The third-order valence-electron chi connectivity index (χ3n) is 3.96. The largest absolute Gasteiger partial charge is 0.366 e. The highest BCUT2D eigenvalue weighted by Gasteiger charge is 2.35. The number of carbonyl (C=O) groups is 2. The first kappa shape index (κ1) is 14.5. The van der Waals surface area contributed by atoms with E-state index in [1.165, 1.54) is 0 Å². The summed E-state index contributed by atoms with van der Waals surface area (Å²) in [4.78, 5) is 23.4. The van der Waals surface area contributed by atoms with E-state index < -0.39 is 11.4 Å². The van der Waals surface area contributed by atoms with Gasteiger partial charge >= 0.3 is 0 Å². The van der Waals surface area contributed by atoms with E-state index in [0.717, 1.165) is 37.7 Å². The van der Waals surface area contributed by atoms with Gasteiger partial charge in [-0.15, -0.1) is 0 Å². The molecule has 1 aromatic carbocycles. The topological polar surface area (TPSA) is 98.2 Å². The maximum absolute atomic E-state index is 12.3. The monoisotopic (exact) mass is 275 g/mol. The highest BCUT2D eigenvalue weighted by atomic mass is 16.2. The van der Waals surface area contributed by atoms with Gasteiger partial charge in [-0.3, -0.25) is 9.59 Å². The summed E-state index contributed by atoms with van der Waals surface area (Å²) in [6.45, 7) is 1.83. The van der Waals surface area contributed by atoms with Crippen molar-refractivity contribution in [3.8, 4) is 0 Å². The second-order valence-electron chi connectivity index (χ2n) is 5.56. The Balaban J connectivity index is 2.13. The van der Waals surface area contributed by atoms with E-state index in [-0.39, 0.29) is 5.91 Å². The third-order valence-corrected chi connectivity index (χ3v) is 3.96. The van der Waals surface area contributed by atoms with Gasteiger partial charge in [0.05, 0.1) is 5.54 Å². The predicted octanol–water partition coefficient (Wildman–Crippen LogP) is 1.69. The standard InChI is InChI=1S/C15H21N3O2/c1-10-9-11(13(16)19)5-6-12(10)18-14(20)15(17)7-3-2-4-8-15/h5-6,9H,2-4,7-8,17H2,1H3,(H2,16,19)(H,18,20). The predicted molar refractivity (Wildman–Crippen MR) is 78.3 cm³/mol. The minimum Gasteiger partial charge on any atom is -0.366 e. The van der Waals surface area contributed by atoms with Crippen molar-refractivity contribution in [3.63, 3.8) is 0 Å². The number of aryl methyl sites for hydroxylation is 1. The first-order valence-electron chi connectivity index (χ1n) is 6.93. The molecular weight excluding hydrogens is 254 g/mol. The number of nitrogens with one attached hydrogen (secondary N) is 1. The van der Waals surface area contributed by atoms with Crippen LogP contribution in [0.1, 0.15) is 48.0 Å². The second-order valence-corrected chi connectivity index (χ2v) is 5.56. The summed E-state index contributed by atoms with van der Waals surface area (Å²) in [6.07, 6.45) is 4.56. The zero-order chi connectivity index (χ0) is 14.8. The molecule has 0 unspecified atom stereocenters. The number of carbonyl (C=O) groups excluding carboxylic acids is 2. The molecule has 20 heavy (non-hydrogen) atoms. The fraction of sp³-hybridized carbons (Fsp3) is 0.467. The molecule has 1 aliphatic carbocycles. The molecule has 1 fully saturated rings. The van der Waals surface area contributed by atoms with Crippen LogP contribution in [0.4, 0.5) is 5.69 Å². The molecule has 5 N–H and O–H groups in total. The Kier molecular flexibility index (Phi) is 4.09. The molecule has 108 valence electrons. The molecule has 1 aromatic rings. The van der Waals surface area contributed by atoms with E-state index in [1.807, 2.05) is 6.92 Å². The van der Waals surface area contributed by atoms with Gasteiger partial charge in [0.2, 0.25) is 11.8 Å². The lowest BCUT2D eigenvalue weighted by atomic mass is 9.82. The molecule has 2 rings (SSSR count). The Morgan fingerprint density at radius 1 is 1.20 bits per heavy atom. The summed E-state index contributed by atoms with van der Waals surface area (Å²) in [5.74, 6) is -0.624. The number of rotatable bonds is 3. The van der Waals surface area contributed by atoms with Crippen molar-refractivity contribution in [2.75, 3.05) is 5.32 Å². The number of nitrogens with two attached hydrogens (primary N) is 2. The first-order chi connectivity index (χ1) is 9.42. The first-order valence-corrected chi connectivity index (χ1v) is 6.93. The number of hydrogen-bond acceptors (Lipinski definition) is 3. The molecule has 0 saturated heterocycles. The van der Waals surface area contributed by atoms with Crippen LogP contribution in [0.15, 0.2) is 18.2 Å². The Morgan fingerprint density at radius 2 is 1.85 bits per heavy atom. The summed E-state index contributed by atoms with van der Waals surface area (Å²) in [6, 6.07) is 4.97. The van der Waals surface area contributed by atoms with Gasteiger partial charge in [0.15, 0.2) is 0 Å². The molecule has 0 atom stereocenters. The van der Waals surface area contributed by atoms with Crippen LogP contribution in [0.25, 0.3) is 0 Å². The van der Waals surface area contributed by atoms with Crippen molar-refractivity contribution >= 4 is 17.5 Å². The second kappa shape index (κ2) is 5.63. The fourth-order valence-corrected chi connectivity index (χ4v) is 2.61. The lowest BCUT2D eigenvalue weighted by Crippen LogP contribution is -2.52. The maximum atomic E-state index is 12.3. The highest BCUT2D eigenvalue weighted by molar-refractivity contribution is 5.99. The van der Waals surface area contributed by atoms with Crippen LogP contribution in [0.3, 0.4) is 0 Å². The normalized spacial score (nSPS) is 17.5. The Bertz CT molecular complexity index is 534. The van der Waals surface area contributed by atoms with Crippen molar-refractivity contribution in [2.24, 2.45) is 11.5 Å². The summed E-state index contributed by atoms with van der Waals surface area (Å²) >= 11 is 0. The molecule has 5 nitrogen and oxygen atoms in total. The summed E-state index contributed by atoms with van der Waals surface area (Å²) in [5, 5.41) is 2.87. The van der Waals surface area contributed by atoms with Crippen molar-refractivity contribution in [2.45, 2.75) is 44.6 Å². The van der Waals surface area contributed by atoms with E-state index in [4.69, 9.17) is 11.5 Å². The third kappa shape index (κ3) is 2.99. The lowest BCUT2D eigenvalue weighted by Gasteiger charge is -2.32. The zero-order valence-corrected chi connectivity index (χ0v) is 11.7. The van der Waals surface area contributed by atoms with Crippen LogP contribution < -0.4 is 16.8 Å². The van der Waals surface area contributed by atoms with Gasteiger partial charge in [-0.1, -0.05) is 19.3 Å². The number of primary amides is 1. The van der Waals surface area contributed by atoms with Gasteiger partial charge in [-0.2, -0.15) is 0 Å². The van der Waals surface area contributed by atoms with E-state index in [0.29, 0.717) is 11.3 Å². The van der Waals surface area contributed by atoms with Crippen molar-refractivity contribution < 1.29 is 9.59 Å². The van der Waals surface area contributed by atoms with Crippen LogP contribution >= 0.6 is 0 Å². The van der Waals surface area contributed by atoms with E-state index in [2.05, 4.69) is 5.32 Å². The number of benzene rings is 1. The van der Waals surface area contributed by atoms with E-state index >= 15 is 0 Å². The van der Waals surface area contributed by atoms with Gasteiger partial charge in [-0.25, -0.2) is 0 Å². The minimum absolute atomic E-state index is 0.146. The number of amides is 2. The van der Waals surface area contributed by atoms with Gasteiger partial charge in [0, 0.05) is 11.3 Å². The van der Waals surface area contributed by atoms with Crippen molar-refractivity contribution in [3.05, 3.63) is 29.3 Å². The highest BCUT2D eigenvalue weighted by Crippen LogP contribution is 2.27. The van der Waals surface area contributed by atoms with Crippen LogP contribution in [0, 0.1) is 6.92 Å². The zero-order valence-electron chi connectivity index (χ0n) is 11.7. The van der Waals surface area contributed by atoms with Crippen LogP contribution in [-0.4, -0.2) is 17.4 Å². The summed E-state index contributed by atoms with van der Waals surface area (Å²) in [7, 11) is 0. The Morgan fingerprint density at radius 3 is 2.40 bits per heavy atom. The molecule has 5 heteroatoms. The number of hydrogen-bond donors (Lipinski definition) is 3. The molecule has 1 aliphatic rings. The molecule has 0 heterocycles. The van der Waals surface area contributed by atoms with Crippen molar-refractivity contribution in [1.82, 2.24) is 0 Å². The van der Waals surface area contributed by atoms with E-state index in [1.54, 1.807) is 18.2 Å². The van der Waals surface area contributed by atoms with Gasteiger partial charge in [0.25, 0.3) is 0 Å². The average molecular weight is 275 g/mol. The van der Waals surface area contributed by atoms with Crippen molar-refractivity contribution in [1.29, 1.82) is 0 Å². The lowest BCUT2D eigenvalue weighted by molar-refractivity contribution is -0.122. The van der Waals surface area contributed by atoms with E-state index in [9.17, 15) is 9.59 Å². The average Bonchev–Trinajstić information content (AvgIpc) is 2.41. The SMILES string of the molecule is Cc1cc(C(N)=O)ccc1NC(=O)C1(N)CCCCC1. The number of anilines is 1. The molecule has 0 aliphatic heterocycles. The molecule has 0 aromatic heterocycles. The van der Waals surface area contributed by atoms with Crippen LogP contribution in [-0.2, 0) is 4.79 Å². The minimum atomic E-state index is -0.771. The van der Waals surface area contributed by atoms with Gasteiger partial charge in [-0.05, 0) is 43.5 Å². The van der Waals surface area contributed by atoms with Crippen LogP contribution in [0.2, 0.25) is 0 Å². The summed E-state index contributed by atoms with van der Waals surface area (Å²) < 4.78 is 0. The smallest absolute Gasteiger partial charge is 0.248 e. The molecular formula is C15H21N3O2. The molecule has 2 amide bonds. The Hall–Kier alpha value is -1.88. The maximum Gasteiger partial charge on any atom is 0.248 e. The van der Waals surface area contributed by atoms with Crippen LogP contribution in [0.5, 0.6) is 0 Å². The fourth-order valence-electron chi connectivity index (χ4n) is 2.61. The Labute approximate surface area is 118 Å².